The Labute approximate surface area is 111 Å². The highest BCUT2D eigenvalue weighted by atomic mass is 19.4. The van der Waals surface area contributed by atoms with Crippen LogP contribution in [0.25, 0.3) is 11.3 Å². The quantitative estimate of drug-likeness (QED) is 0.818. The van der Waals surface area contributed by atoms with Crippen molar-refractivity contribution in [2.45, 2.75) is 20.0 Å². The first-order valence-corrected chi connectivity index (χ1v) is 5.65. The second-order valence-corrected chi connectivity index (χ2v) is 4.32. The van der Waals surface area contributed by atoms with Crippen LogP contribution in [-0.4, -0.2) is 9.97 Å². The van der Waals surface area contributed by atoms with Gasteiger partial charge in [0, 0.05) is 11.1 Å². The van der Waals surface area contributed by atoms with Crippen molar-refractivity contribution in [3.63, 3.8) is 0 Å². The van der Waals surface area contributed by atoms with E-state index in [0.717, 1.165) is 6.07 Å². The van der Waals surface area contributed by atoms with Crippen LogP contribution in [0.4, 0.5) is 17.6 Å². The standard InChI is InChI=1S/C13H10F4N2O/c1-6-11(18-7(2)19-12(6)20)8-3-4-10(14)9(5-8)13(15,16)17/h3-5H,1-2H3,(H,18,19,20). The van der Waals surface area contributed by atoms with E-state index in [1.165, 1.54) is 19.9 Å². The van der Waals surface area contributed by atoms with Crippen LogP contribution in [0.15, 0.2) is 23.0 Å². The molecule has 0 spiro atoms. The molecular formula is C13H10F4N2O. The molecule has 0 aliphatic carbocycles. The molecule has 3 nitrogen and oxygen atoms in total. The SMILES string of the molecule is Cc1nc(-c2ccc(F)c(C(F)(F)F)c2)c(C)c(=O)[nH]1. The molecule has 0 atom stereocenters. The van der Waals surface area contributed by atoms with E-state index in [2.05, 4.69) is 9.97 Å². The molecule has 0 aliphatic rings. The van der Waals surface area contributed by atoms with Crippen molar-refractivity contribution in [2.24, 2.45) is 0 Å². The maximum atomic E-state index is 13.2. The second kappa shape index (κ2) is 4.73. The van der Waals surface area contributed by atoms with Crippen LogP contribution in [-0.2, 0) is 6.18 Å². The van der Waals surface area contributed by atoms with Gasteiger partial charge in [0.05, 0.1) is 11.3 Å². The average Bonchev–Trinajstić information content (AvgIpc) is 2.33. The van der Waals surface area contributed by atoms with Gasteiger partial charge in [-0.2, -0.15) is 13.2 Å². The van der Waals surface area contributed by atoms with E-state index < -0.39 is 23.1 Å². The van der Waals surface area contributed by atoms with Crippen LogP contribution in [0, 0.1) is 19.7 Å². The number of benzene rings is 1. The molecule has 1 aromatic heterocycles. The lowest BCUT2D eigenvalue weighted by Crippen LogP contribution is -2.15. The van der Waals surface area contributed by atoms with Gasteiger partial charge in [0.15, 0.2) is 0 Å². The number of halogens is 4. The topological polar surface area (TPSA) is 45.8 Å². The van der Waals surface area contributed by atoms with Crippen molar-refractivity contribution in [2.75, 3.05) is 0 Å². The summed E-state index contributed by atoms with van der Waals surface area (Å²) in [6, 6.07) is 2.54. The van der Waals surface area contributed by atoms with Crippen LogP contribution >= 0.6 is 0 Å². The lowest BCUT2D eigenvalue weighted by Gasteiger charge is -2.11. The lowest BCUT2D eigenvalue weighted by molar-refractivity contribution is -0.139. The van der Waals surface area contributed by atoms with Crippen molar-refractivity contribution in [1.29, 1.82) is 0 Å². The van der Waals surface area contributed by atoms with Gasteiger partial charge in [-0.25, -0.2) is 9.37 Å². The maximum absolute atomic E-state index is 13.2. The Morgan fingerprint density at radius 1 is 1.20 bits per heavy atom. The summed E-state index contributed by atoms with van der Waals surface area (Å²) in [5.41, 5.74) is -1.49. The normalized spacial score (nSPS) is 11.7. The molecule has 1 aromatic carbocycles. The summed E-state index contributed by atoms with van der Waals surface area (Å²) in [5.74, 6) is -1.09. The lowest BCUT2D eigenvalue weighted by atomic mass is 10.0. The molecule has 0 bridgehead atoms. The predicted octanol–water partition coefficient (Wildman–Crippen LogP) is 3.21. The van der Waals surface area contributed by atoms with Gasteiger partial charge >= 0.3 is 6.18 Å². The minimum absolute atomic E-state index is 0.0467. The summed E-state index contributed by atoms with van der Waals surface area (Å²) in [5, 5.41) is 0. The summed E-state index contributed by atoms with van der Waals surface area (Å²) in [6.45, 7) is 2.95. The summed E-state index contributed by atoms with van der Waals surface area (Å²) in [7, 11) is 0. The highest BCUT2D eigenvalue weighted by molar-refractivity contribution is 5.63. The number of nitrogens with one attached hydrogen (secondary N) is 1. The van der Waals surface area contributed by atoms with Gasteiger partial charge in [0.2, 0.25) is 0 Å². The molecule has 7 heteroatoms. The Hall–Kier alpha value is -2.18. The third-order valence-electron chi connectivity index (χ3n) is 2.81. The minimum atomic E-state index is -4.80. The van der Waals surface area contributed by atoms with Crippen LogP contribution < -0.4 is 5.56 Å². The van der Waals surface area contributed by atoms with Gasteiger partial charge in [-0.05, 0) is 32.0 Å². The highest BCUT2D eigenvalue weighted by Crippen LogP contribution is 2.34. The van der Waals surface area contributed by atoms with Gasteiger partial charge in [-0.15, -0.1) is 0 Å². The molecule has 0 aliphatic heterocycles. The zero-order valence-corrected chi connectivity index (χ0v) is 10.6. The van der Waals surface area contributed by atoms with Crippen molar-refractivity contribution in [1.82, 2.24) is 9.97 Å². The van der Waals surface area contributed by atoms with E-state index in [1.807, 2.05) is 0 Å². The Morgan fingerprint density at radius 3 is 2.45 bits per heavy atom. The summed E-state index contributed by atoms with van der Waals surface area (Å²) in [4.78, 5) is 18.0. The number of aryl methyl sites for hydroxylation is 1. The number of aromatic amines is 1. The fraction of sp³-hybridized carbons (Fsp3) is 0.231. The first-order valence-electron chi connectivity index (χ1n) is 5.65. The molecule has 1 N–H and O–H groups in total. The molecule has 20 heavy (non-hydrogen) atoms. The third kappa shape index (κ3) is 2.56. The van der Waals surface area contributed by atoms with Crippen LogP contribution in [0.1, 0.15) is 17.0 Å². The Morgan fingerprint density at radius 2 is 1.85 bits per heavy atom. The van der Waals surface area contributed by atoms with Gasteiger partial charge in [-0.1, -0.05) is 0 Å². The second-order valence-electron chi connectivity index (χ2n) is 4.32. The van der Waals surface area contributed by atoms with Crippen LogP contribution in [0.3, 0.4) is 0 Å². The van der Waals surface area contributed by atoms with Crippen molar-refractivity contribution in [3.05, 3.63) is 51.3 Å². The van der Waals surface area contributed by atoms with Gasteiger partial charge in [-0.3, -0.25) is 4.79 Å². The molecular weight excluding hydrogens is 276 g/mol. The number of alkyl halides is 3. The third-order valence-corrected chi connectivity index (χ3v) is 2.81. The molecule has 0 saturated heterocycles. The molecule has 0 amide bonds. The molecule has 0 unspecified atom stereocenters. The van der Waals surface area contributed by atoms with E-state index in [9.17, 15) is 22.4 Å². The Balaban J connectivity index is 2.69. The van der Waals surface area contributed by atoms with Crippen molar-refractivity contribution in [3.8, 4) is 11.3 Å². The number of hydrogen-bond acceptors (Lipinski definition) is 2. The molecule has 1 heterocycles. The minimum Gasteiger partial charge on any atom is -0.311 e. The number of H-pyrrole nitrogens is 1. The summed E-state index contributed by atoms with van der Waals surface area (Å²) in [6.07, 6.45) is -4.80. The monoisotopic (exact) mass is 286 g/mol. The van der Waals surface area contributed by atoms with Gasteiger partial charge in [0.1, 0.15) is 11.6 Å². The largest absolute Gasteiger partial charge is 0.419 e. The average molecular weight is 286 g/mol. The van der Waals surface area contributed by atoms with Crippen LogP contribution in [0.2, 0.25) is 0 Å². The molecule has 106 valence electrons. The first kappa shape index (κ1) is 14.2. The number of rotatable bonds is 1. The smallest absolute Gasteiger partial charge is 0.311 e. The molecule has 0 radical (unpaired) electrons. The zero-order chi connectivity index (χ0) is 15.1. The fourth-order valence-electron chi connectivity index (χ4n) is 1.82. The highest BCUT2D eigenvalue weighted by Gasteiger charge is 2.34. The van der Waals surface area contributed by atoms with E-state index in [4.69, 9.17) is 0 Å². The number of aromatic nitrogens is 2. The van der Waals surface area contributed by atoms with Crippen molar-refractivity contribution < 1.29 is 17.6 Å². The first-order chi connectivity index (χ1) is 9.20. The molecule has 2 aromatic rings. The molecule has 0 saturated carbocycles. The van der Waals surface area contributed by atoms with E-state index in [-0.39, 0.29) is 22.6 Å². The summed E-state index contributed by atoms with van der Waals surface area (Å²) < 4.78 is 51.3. The van der Waals surface area contributed by atoms with Gasteiger partial charge < -0.3 is 4.98 Å². The predicted molar refractivity (Wildman–Crippen MR) is 64.7 cm³/mol. The molecule has 0 fully saturated rings. The van der Waals surface area contributed by atoms with Gasteiger partial charge in [0.25, 0.3) is 5.56 Å². The zero-order valence-electron chi connectivity index (χ0n) is 10.6. The van der Waals surface area contributed by atoms with Crippen molar-refractivity contribution >= 4 is 0 Å². The number of hydrogen-bond donors (Lipinski definition) is 1. The number of nitrogens with zero attached hydrogens (tertiary/aromatic N) is 1. The maximum Gasteiger partial charge on any atom is 0.419 e. The molecule has 2 rings (SSSR count). The summed E-state index contributed by atoms with van der Waals surface area (Å²) >= 11 is 0. The van der Waals surface area contributed by atoms with Crippen LogP contribution in [0.5, 0.6) is 0 Å². The fourth-order valence-corrected chi connectivity index (χ4v) is 1.82. The Kier molecular flexibility index (Phi) is 3.37. The van der Waals surface area contributed by atoms with E-state index in [0.29, 0.717) is 6.07 Å². The Bertz CT molecular complexity index is 719. The van der Waals surface area contributed by atoms with E-state index in [1.54, 1.807) is 0 Å². The van der Waals surface area contributed by atoms with E-state index >= 15 is 0 Å².